The molecule has 4 rings (SSSR count). The highest BCUT2D eigenvalue weighted by atomic mass is 19.1. The minimum atomic E-state index is -0.225. The van der Waals surface area contributed by atoms with E-state index in [1.165, 1.54) is 12.1 Å². The maximum atomic E-state index is 13.7. The number of benzene rings is 1. The smallest absolute Gasteiger partial charge is 0.258 e. The Morgan fingerprint density at radius 2 is 1.90 bits per heavy atom. The van der Waals surface area contributed by atoms with Crippen LogP contribution in [0.2, 0.25) is 0 Å². The Morgan fingerprint density at radius 3 is 2.52 bits per heavy atom. The fourth-order valence-corrected chi connectivity index (χ4v) is 5.58. The van der Waals surface area contributed by atoms with Crippen LogP contribution in [0.25, 0.3) is 0 Å². The molecule has 1 amide bonds. The summed E-state index contributed by atoms with van der Waals surface area (Å²) in [6.07, 6.45) is 2.92. The van der Waals surface area contributed by atoms with Crippen LogP contribution in [-0.4, -0.2) is 44.8 Å². The van der Waals surface area contributed by atoms with Crippen molar-refractivity contribution in [2.75, 3.05) is 18.0 Å². The Kier molecular flexibility index (Phi) is 4.71. The van der Waals surface area contributed by atoms with Gasteiger partial charge in [0, 0.05) is 36.6 Å². The van der Waals surface area contributed by atoms with Crippen molar-refractivity contribution >= 4 is 11.6 Å². The van der Waals surface area contributed by atoms with Gasteiger partial charge in [0.05, 0.1) is 16.8 Å². The Balaban J connectivity index is 1.68. The fourth-order valence-electron chi connectivity index (χ4n) is 5.58. The van der Waals surface area contributed by atoms with Gasteiger partial charge in [0.2, 0.25) is 0 Å². The molecule has 1 unspecified atom stereocenters. The molecule has 2 saturated heterocycles. The number of aromatic nitrogens is 2. The predicted octanol–water partition coefficient (Wildman–Crippen LogP) is 4.32. The number of anilines is 1. The molecule has 2 aliphatic heterocycles. The van der Waals surface area contributed by atoms with Crippen LogP contribution >= 0.6 is 0 Å². The number of hydrogen-bond donors (Lipinski definition) is 0. The second kappa shape index (κ2) is 6.85. The first-order valence-electron chi connectivity index (χ1n) is 10.6. The van der Waals surface area contributed by atoms with E-state index in [0.29, 0.717) is 0 Å². The molecule has 1 aromatic heterocycles. The van der Waals surface area contributed by atoms with E-state index in [9.17, 15) is 9.18 Å². The van der Waals surface area contributed by atoms with Gasteiger partial charge in [-0.25, -0.2) is 4.39 Å². The van der Waals surface area contributed by atoms with Crippen molar-refractivity contribution in [2.24, 2.45) is 0 Å². The van der Waals surface area contributed by atoms with E-state index in [2.05, 4.69) is 28.7 Å². The molecule has 1 atom stereocenters. The van der Waals surface area contributed by atoms with Crippen molar-refractivity contribution in [1.82, 2.24) is 14.7 Å². The number of aryl methyl sites for hydroxylation is 2. The first kappa shape index (κ1) is 19.9. The molecule has 0 N–H and O–H groups in total. The minimum Gasteiger partial charge on any atom is -0.364 e. The molecule has 2 aliphatic rings. The van der Waals surface area contributed by atoms with E-state index in [0.717, 1.165) is 61.5 Å². The van der Waals surface area contributed by atoms with E-state index >= 15 is 0 Å². The maximum Gasteiger partial charge on any atom is 0.258 e. The lowest BCUT2D eigenvalue weighted by Crippen LogP contribution is -2.49. The van der Waals surface area contributed by atoms with Crippen molar-refractivity contribution in [1.29, 1.82) is 0 Å². The van der Waals surface area contributed by atoms with Gasteiger partial charge in [-0.05, 0) is 78.1 Å². The van der Waals surface area contributed by atoms with E-state index in [4.69, 9.17) is 0 Å². The van der Waals surface area contributed by atoms with Crippen LogP contribution < -0.4 is 4.90 Å². The molecule has 1 spiro atoms. The lowest BCUT2D eigenvalue weighted by atomic mass is 9.87. The van der Waals surface area contributed by atoms with E-state index in [-0.39, 0.29) is 22.8 Å². The molecule has 6 heteroatoms. The molecule has 2 aromatic rings. The average Bonchev–Trinajstić information content (AvgIpc) is 3.28. The van der Waals surface area contributed by atoms with Gasteiger partial charge in [0.15, 0.2) is 0 Å². The summed E-state index contributed by atoms with van der Waals surface area (Å²) < 4.78 is 15.4. The largest absolute Gasteiger partial charge is 0.364 e. The summed E-state index contributed by atoms with van der Waals surface area (Å²) in [6.45, 7) is 12.7. The van der Waals surface area contributed by atoms with Gasteiger partial charge in [-0.15, -0.1) is 0 Å². The zero-order chi connectivity index (χ0) is 21.0. The van der Waals surface area contributed by atoms with Crippen LogP contribution in [0.15, 0.2) is 24.3 Å². The zero-order valence-corrected chi connectivity index (χ0v) is 18.1. The van der Waals surface area contributed by atoms with Crippen LogP contribution in [0.3, 0.4) is 0 Å². The van der Waals surface area contributed by atoms with E-state index in [1.54, 1.807) is 0 Å². The molecule has 2 fully saturated rings. The molecule has 0 bridgehead atoms. The number of carbonyl (C=O) groups excluding carboxylic acids is 1. The van der Waals surface area contributed by atoms with Crippen molar-refractivity contribution < 1.29 is 9.18 Å². The van der Waals surface area contributed by atoms with Gasteiger partial charge in [0.1, 0.15) is 5.82 Å². The average molecular weight is 399 g/mol. The minimum absolute atomic E-state index is 0.106. The van der Waals surface area contributed by atoms with Crippen LogP contribution in [0, 0.1) is 19.7 Å². The first-order chi connectivity index (χ1) is 13.7. The second-order valence-electron chi connectivity index (χ2n) is 9.20. The highest BCUT2D eigenvalue weighted by molar-refractivity contribution is 5.97. The second-order valence-corrected chi connectivity index (χ2v) is 9.20. The van der Waals surface area contributed by atoms with Crippen molar-refractivity contribution in [3.63, 3.8) is 0 Å². The topological polar surface area (TPSA) is 41.4 Å². The Bertz CT molecular complexity index is 933. The lowest BCUT2D eigenvalue weighted by Gasteiger charge is -2.35. The molecule has 0 radical (unpaired) electrons. The third kappa shape index (κ3) is 3.13. The number of carbonyl (C=O) groups is 1. The summed E-state index contributed by atoms with van der Waals surface area (Å²) in [5.74, 6) is -0.119. The monoisotopic (exact) mass is 398 g/mol. The number of likely N-dealkylation sites (tertiary alicyclic amines) is 1. The van der Waals surface area contributed by atoms with Gasteiger partial charge < -0.3 is 9.80 Å². The summed E-state index contributed by atoms with van der Waals surface area (Å²) >= 11 is 0. The SMILES string of the molecule is CCn1nc(C)c(C(=O)N2CCCC23CN(c2ccc(F)cc2)C(C)(C)C3)c1C. The lowest BCUT2D eigenvalue weighted by molar-refractivity contribution is 0.0616. The Hall–Kier alpha value is -2.37. The molecule has 1 aromatic carbocycles. The highest BCUT2D eigenvalue weighted by Crippen LogP contribution is 2.47. The normalized spacial score (nSPS) is 23.4. The third-order valence-electron chi connectivity index (χ3n) is 6.82. The maximum absolute atomic E-state index is 13.7. The summed E-state index contributed by atoms with van der Waals surface area (Å²) in [7, 11) is 0. The molecule has 3 heterocycles. The summed E-state index contributed by atoms with van der Waals surface area (Å²) in [6, 6.07) is 6.72. The number of hydrogen-bond acceptors (Lipinski definition) is 3. The van der Waals surface area contributed by atoms with Crippen LogP contribution in [0.5, 0.6) is 0 Å². The van der Waals surface area contributed by atoms with Crippen molar-refractivity contribution in [3.8, 4) is 0 Å². The van der Waals surface area contributed by atoms with Crippen molar-refractivity contribution in [3.05, 3.63) is 47.0 Å². The van der Waals surface area contributed by atoms with Gasteiger partial charge in [0.25, 0.3) is 5.91 Å². The first-order valence-corrected chi connectivity index (χ1v) is 10.6. The molecule has 5 nitrogen and oxygen atoms in total. The Labute approximate surface area is 172 Å². The standard InChI is InChI=1S/C23H31FN4O/c1-6-28-17(3)20(16(2)25-28)21(29)26-13-7-12-23(26)14-22(4,5)27(15-23)19-10-8-18(24)9-11-19/h8-11H,6-7,12-15H2,1-5H3. The zero-order valence-electron chi connectivity index (χ0n) is 18.1. The van der Waals surface area contributed by atoms with Crippen molar-refractivity contribution in [2.45, 2.75) is 71.5 Å². The summed E-state index contributed by atoms with van der Waals surface area (Å²) in [4.78, 5) is 18.1. The summed E-state index contributed by atoms with van der Waals surface area (Å²) in [5, 5.41) is 4.56. The third-order valence-corrected chi connectivity index (χ3v) is 6.82. The molecule has 0 saturated carbocycles. The van der Waals surface area contributed by atoms with Gasteiger partial charge in [-0.1, -0.05) is 0 Å². The fraction of sp³-hybridized carbons (Fsp3) is 0.565. The van der Waals surface area contributed by atoms with Crippen LogP contribution in [-0.2, 0) is 6.54 Å². The Morgan fingerprint density at radius 1 is 1.21 bits per heavy atom. The number of rotatable bonds is 3. The number of halogens is 1. The van der Waals surface area contributed by atoms with Gasteiger partial charge in [-0.3, -0.25) is 9.48 Å². The van der Waals surface area contributed by atoms with Crippen LogP contribution in [0.1, 0.15) is 61.8 Å². The molecule has 0 aliphatic carbocycles. The molecule has 156 valence electrons. The summed E-state index contributed by atoms with van der Waals surface area (Å²) in [5.41, 5.74) is 3.22. The van der Waals surface area contributed by atoms with Gasteiger partial charge in [-0.2, -0.15) is 5.10 Å². The van der Waals surface area contributed by atoms with Crippen LogP contribution in [0.4, 0.5) is 10.1 Å². The number of amides is 1. The highest BCUT2D eigenvalue weighted by Gasteiger charge is 2.55. The predicted molar refractivity (Wildman–Crippen MR) is 113 cm³/mol. The van der Waals surface area contributed by atoms with E-state index in [1.807, 2.05) is 37.6 Å². The van der Waals surface area contributed by atoms with E-state index < -0.39 is 0 Å². The van der Waals surface area contributed by atoms with Gasteiger partial charge >= 0.3 is 0 Å². The molecule has 29 heavy (non-hydrogen) atoms. The quantitative estimate of drug-likeness (QED) is 0.773. The molecular formula is C23H31FN4O. The number of nitrogens with zero attached hydrogens (tertiary/aromatic N) is 4. The molecular weight excluding hydrogens is 367 g/mol.